The first-order valence-corrected chi connectivity index (χ1v) is 11.4. The summed E-state index contributed by atoms with van der Waals surface area (Å²) in [5.41, 5.74) is 5.61. The summed E-state index contributed by atoms with van der Waals surface area (Å²) in [6.07, 6.45) is 1.95. The lowest BCUT2D eigenvalue weighted by molar-refractivity contribution is -0.117. The average molecular weight is 447 g/mol. The van der Waals surface area contributed by atoms with Crippen LogP contribution in [0, 0.1) is 12.7 Å². The largest absolute Gasteiger partial charge is 0.315 e. The van der Waals surface area contributed by atoms with E-state index < -0.39 is 0 Å². The van der Waals surface area contributed by atoms with Crippen LogP contribution in [-0.4, -0.2) is 48.5 Å². The van der Waals surface area contributed by atoms with Crippen molar-refractivity contribution in [2.75, 3.05) is 31.6 Å². The highest BCUT2D eigenvalue weighted by Crippen LogP contribution is 2.22. The Kier molecular flexibility index (Phi) is 7.16. The zero-order valence-electron chi connectivity index (χ0n) is 19.5. The molecule has 1 N–H and O–H groups in total. The van der Waals surface area contributed by atoms with Crippen molar-refractivity contribution in [2.45, 2.75) is 32.9 Å². The molecule has 0 aliphatic carbocycles. The standard InChI is InChI=1S/C27H31FN4O/c1-19-13-25(9-8-23(19)18-32-12-11-29-20(2)17-32)31(3)27(33)14-21-7-10-26(30-16-21)22-5-4-6-24(28)15-22/h4-10,13,15-16,20,29H,11-12,14,17-18H2,1-3H3/t20-/m0/s1. The summed E-state index contributed by atoms with van der Waals surface area (Å²) in [6.45, 7) is 8.37. The van der Waals surface area contributed by atoms with E-state index in [1.165, 1.54) is 23.3 Å². The van der Waals surface area contributed by atoms with E-state index in [1.54, 1.807) is 17.2 Å². The van der Waals surface area contributed by atoms with Crippen molar-refractivity contribution in [3.63, 3.8) is 0 Å². The number of piperazine rings is 1. The van der Waals surface area contributed by atoms with Gasteiger partial charge in [-0.3, -0.25) is 14.7 Å². The Morgan fingerprint density at radius 3 is 2.76 bits per heavy atom. The first kappa shape index (κ1) is 23.1. The second-order valence-corrected chi connectivity index (χ2v) is 8.89. The van der Waals surface area contributed by atoms with E-state index in [0.29, 0.717) is 11.7 Å². The minimum atomic E-state index is -0.293. The number of pyridine rings is 1. The Labute approximate surface area is 195 Å². The van der Waals surface area contributed by atoms with Gasteiger partial charge in [-0.25, -0.2) is 4.39 Å². The van der Waals surface area contributed by atoms with Crippen molar-refractivity contribution in [2.24, 2.45) is 0 Å². The number of nitrogens with zero attached hydrogens (tertiary/aromatic N) is 3. The van der Waals surface area contributed by atoms with Gasteiger partial charge < -0.3 is 10.2 Å². The fourth-order valence-electron chi connectivity index (χ4n) is 4.25. The number of hydrogen-bond donors (Lipinski definition) is 1. The van der Waals surface area contributed by atoms with Crippen molar-refractivity contribution < 1.29 is 9.18 Å². The van der Waals surface area contributed by atoms with Crippen molar-refractivity contribution in [1.82, 2.24) is 15.2 Å². The maximum absolute atomic E-state index is 13.5. The van der Waals surface area contributed by atoms with Gasteiger partial charge in [0.15, 0.2) is 0 Å². The third-order valence-electron chi connectivity index (χ3n) is 6.23. The number of nitrogens with one attached hydrogen (secondary N) is 1. The Balaban J connectivity index is 1.39. The van der Waals surface area contributed by atoms with Gasteiger partial charge in [0, 0.05) is 56.7 Å². The quantitative estimate of drug-likeness (QED) is 0.617. The smallest absolute Gasteiger partial charge is 0.231 e. The second kappa shape index (κ2) is 10.2. The van der Waals surface area contributed by atoms with Crippen LogP contribution in [0.4, 0.5) is 10.1 Å². The number of aryl methyl sites for hydroxylation is 1. The van der Waals surface area contributed by atoms with Gasteiger partial charge in [0.05, 0.1) is 12.1 Å². The van der Waals surface area contributed by atoms with E-state index in [-0.39, 0.29) is 18.1 Å². The van der Waals surface area contributed by atoms with E-state index in [4.69, 9.17) is 0 Å². The highest BCUT2D eigenvalue weighted by molar-refractivity contribution is 5.94. The normalized spacial score (nSPS) is 16.5. The number of anilines is 1. The van der Waals surface area contributed by atoms with Crippen molar-refractivity contribution in [1.29, 1.82) is 0 Å². The number of halogens is 1. The molecule has 1 aliphatic heterocycles. The van der Waals surface area contributed by atoms with Crippen molar-refractivity contribution in [3.05, 3.63) is 83.3 Å². The molecule has 2 aromatic carbocycles. The van der Waals surface area contributed by atoms with E-state index in [9.17, 15) is 9.18 Å². The number of hydrogen-bond acceptors (Lipinski definition) is 4. The van der Waals surface area contributed by atoms with Gasteiger partial charge in [0.25, 0.3) is 0 Å². The Bertz CT molecular complexity index is 1120. The molecule has 33 heavy (non-hydrogen) atoms. The van der Waals surface area contributed by atoms with Crippen LogP contribution in [0.5, 0.6) is 0 Å². The van der Waals surface area contributed by atoms with E-state index in [1.807, 2.05) is 31.3 Å². The molecule has 0 unspecified atom stereocenters. The minimum Gasteiger partial charge on any atom is -0.315 e. The number of rotatable bonds is 6. The van der Waals surface area contributed by atoms with Crippen LogP contribution in [-0.2, 0) is 17.8 Å². The van der Waals surface area contributed by atoms with Gasteiger partial charge in [0.2, 0.25) is 5.91 Å². The minimum absolute atomic E-state index is 0.00150. The Morgan fingerprint density at radius 2 is 2.06 bits per heavy atom. The van der Waals surface area contributed by atoms with Crippen LogP contribution in [0.1, 0.15) is 23.6 Å². The number of benzene rings is 2. The molecule has 6 heteroatoms. The molecule has 0 saturated carbocycles. The molecule has 4 rings (SSSR count). The average Bonchev–Trinajstić information content (AvgIpc) is 2.80. The van der Waals surface area contributed by atoms with Crippen LogP contribution in [0.3, 0.4) is 0 Å². The van der Waals surface area contributed by atoms with E-state index >= 15 is 0 Å². The van der Waals surface area contributed by atoms with Gasteiger partial charge in [-0.1, -0.05) is 24.3 Å². The zero-order valence-corrected chi connectivity index (χ0v) is 19.5. The molecule has 0 spiro atoms. The van der Waals surface area contributed by atoms with Crippen molar-refractivity contribution >= 4 is 11.6 Å². The summed E-state index contributed by atoms with van der Waals surface area (Å²) in [5, 5.41) is 3.48. The number of amides is 1. The fourth-order valence-corrected chi connectivity index (χ4v) is 4.25. The highest BCUT2D eigenvalue weighted by atomic mass is 19.1. The molecule has 0 radical (unpaired) electrons. The molecule has 1 aromatic heterocycles. The number of aromatic nitrogens is 1. The first-order chi connectivity index (χ1) is 15.9. The van der Waals surface area contributed by atoms with Crippen LogP contribution in [0.15, 0.2) is 60.8 Å². The second-order valence-electron chi connectivity index (χ2n) is 8.89. The summed E-state index contributed by atoms with van der Waals surface area (Å²) in [6, 6.07) is 16.8. The molecule has 1 atom stereocenters. The van der Waals surface area contributed by atoms with Gasteiger partial charge >= 0.3 is 0 Å². The molecule has 1 fully saturated rings. The zero-order chi connectivity index (χ0) is 23.4. The molecular weight excluding hydrogens is 415 g/mol. The molecule has 0 bridgehead atoms. The fraction of sp³-hybridized carbons (Fsp3) is 0.333. The van der Waals surface area contributed by atoms with E-state index in [2.05, 4.69) is 41.2 Å². The lowest BCUT2D eigenvalue weighted by atomic mass is 10.1. The van der Waals surface area contributed by atoms with Gasteiger partial charge in [0.1, 0.15) is 5.82 Å². The molecular formula is C27H31FN4O. The number of carbonyl (C=O) groups is 1. The summed E-state index contributed by atoms with van der Waals surface area (Å²) < 4.78 is 13.5. The molecule has 1 amide bonds. The van der Waals surface area contributed by atoms with Crippen LogP contribution >= 0.6 is 0 Å². The summed E-state index contributed by atoms with van der Waals surface area (Å²) in [7, 11) is 1.81. The third-order valence-corrected chi connectivity index (χ3v) is 6.23. The molecule has 172 valence electrons. The van der Waals surface area contributed by atoms with Gasteiger partial charge in [-0.05, 0) is 60.9 Å². The van der Waals surface area contributed by atoms with Gasteiger partial charge in [-0.15, -0.1) is 0 Å². The van der Waals surface area contributed by atoms with Crippen LogP contribution in [0.25, 0.3) is 11.3 Å². The molecule has 1 aliphatic rings. The molecule has 1 saturated heterocycles. The van der Waals surface area contributed by atoms with E-state index in [0.717, 1.165) is 43.0 Å². The lowest BCUT2D eigenvalue weighted by Crippen LogP contribution is -2.48. The van der Waals surface area contributed by atoms with Gasteiger partial charge in [-0.2, -0.15) is 0 Å². The third kappa shape index (κ3) is 5.83. The summed E-state index contributed by atoms with van der Waals surface area (Å²) in [4.78, 5) is 21.5. The lowest BCUT2D eigenvalue weighted by Gasteiger charge is -2.32. The molecule has 2 heterocycles. The van der Waals surface area contributed by atoms with Crippen LogP contribution < -0.4 is 10.2 Å². The topological polar surface area (TPSA) is 48.5 Å². The first-order valence-electron chi connectivity index (χ1n) is 11.4. The summed E-state index contributed by atoms with van der Waals surface area (Å²) in [5.74, 6) is -0.294. The van der Waals surface area contributed by atoms with Crippen molar-refractivity contribution in [3.8, 4) is 11.3 Å². The monoisotopic (exact) mass is 446 g/mol. The number of likely N-dealkylation sites (N-methyl/N-ethyl adjacent to an activating group) is 1. The SMILES string of the molecule is Cc1cc(N(C)C(=O)Cc2ccc(-c3cccc(F)c3)nc2)ccc1CN1CCN[C@@H](C)C1. The maximum atomic E-state index is 13.5. The predicted octanol–water partition coefficient (Wildman–Crippen LogP) is 4.20. The number of carbonyl (C=O) groups excluding carboxylic acids is 1. The Hall–Kier alpha value is -3.09. The summed E-state index contributed by atoms with van der Waals surface area (Å²) >= 11 is 0. The Morgan fingerprint density at radius 1 is 1.21 bits per heavy atom. The van der Waals surface area contributed by atoms with Crippen LogP contribution in [0.2, 0.25) is 0 Å². The maximum Gasteiger partial charge on any atom is 0.231 e. The highest BCUT2D eigenvalue weighted by Gasteiger charge is 2.17. The molecule has 5 nitrogen and oxygen atoms in total. The molecule has 3 aromatic rings. The predicted molar refractivity (Wildman–Crippen MR) is 131 cm³/mol.